The Bertz CT molecular complexity index is 244. The van der Waals surface area contributed by atoms with Gasteiger partial charge in [-0.2, -0.15) is 0 Å². The zero-order chi connectivity index (χ0) is 14.7. The standard InChI is InChI=1S/C10H20Cl2O6Si/c1-14-19(15-2,16-3)6-4-5-17-8-9(7-11)18-10(12)13/h9H,4-8H2,1-3H3. The highest BCUT2D eigenvalue weighted by Gasteiger charge is 2.36. The fourth-order valence-corrected chi connectivity index (χ4v) is 3.37. The molecule has 0 aliphatic heterocycles. The van der Waals surface area contributed by atoms with Crippen LogP contribution in [-0.2, 0) is 22.8 Å². The van der Waals surface area contributed by atoms with Crippen LogP contribution in [0.4, 0.5) is 4.79 Å². The lowest BCUT2D eigenvalue weighted by molar-refractivity contribution is 0.0380. The quantitative estimate of drug-likeness (QED) is 0.250. The fraction of sp³-hybridized carbons (Fsp3) is 0.900. The summed E-state index contributed by atoms with van der Waals surface area (Å²) >= 11 is 10.7. The van der Waals surface area contributed by atoms with E-state index < -0.39 is 20.3 Å². The maximum absolute atomic E-state index is 10.5. The van der Waals surface area contributed by atoms with Crippen molar-refractivity contribution in [2.24, 2.45) is 0 Å². The molecule has 0 fully saturated rings. The van der Waals surface area contributed by atoms with Gasteiger partial charge in [0.15, 0.2) is 0 Å². The van der Waals surface area contributed by atoms with Crippen molar-refractivity contribution in [1.29, 1.82) is 0 Å². The van der Waals surface area contributed by atoms with Crippen LogP contribution >= 0.6 is 23.2 Å². The van der Waals surface area contributed by atoms with Crippen molar-refractivity contribution in [2.45, 2.75) is 18.6 Å². The van der Waals surface area contributed by atoms with Gasteiger partial charge < -0.3 is 22.8 Å². The molecule has 0 bridgehead atoms. The predicted molar refractivity (Wildman–Crippen MR) is 73.9 cm³/mol. The van der Waals surface area contributed by atoms with Crippen LogP contribution in [0, 0.1) is 0 Å². The summed E-state index contributed by atoms with van der Waals surface area (Å²) in [6.45, 7) is 0.654. The van der Waals surface area contributed by atoms with Crippen molar-refractivity contribution >= 4 is 37.4 Å². The lowest BCUT2D eigenvalue weighted by Gasteiger charge is -2.24. The maximum Gasteiger partial charge on any atom is 0.500 e. The lowest BCUT2D eigenvalue weighted by atomic mass is 10.4. The highest BCUT2D eigenvalue weighted by molar-refractivity contribution is 6.61. The summed E-state index contributed by atoms with van der Waals surface area (Å²) in [6, 6.07) is 0.636. The Hall–Kier alpha value is 0.107. The van der Waals surface area contributed by atoms with Crippen LogP contribution in [0.25, 0.3) is 0 Å². The Kier molecular flexibility index (Phi) is 10.9. The average molecular weight is 335 g/mol. The molecule has 6 nitrogen and oxygen atoms in total. The molecule has 0 aromatic heterocycles. The molecular weight excluding hydrogens is 315 g/mol. The van der Waals surface area contributed by atoms with Gasteiger partial charge in [0.2, 0.25) is 0 Å². The normalized spacial score (nSPS) is 13.3. The number of hydrogen-bond acceptors (Lipinski definition) is 6. The molecule has 0 saturated heterocycles. The van der Waals surface area contributed by atoms with Crippen molar-refractivity contribution in [3.63, 3.8) is 0 Å². The van der Waals surface area contributed by atoms with Gasteiger partial charge in [0.25, 0.3) is 0 Å². The van der Waals surface area contributed by atoms with E-state index in [4.69, 9.17) is 46.0 Å². The van der Waals surface area contributed by atoms with E-state index >= 15 is 0 Å². The first-order valence-corrected chi connectivity index (χ1v) is 8.53. The first kappa shape index (κ1) is 19.1. The van der Waals surface area contributed by atoms with Gasteiger partial charge in [0, 0.05) is 45.6 Å². The Balaban J connectivity index is 3.82. The molecule has 0 aromatic rings. The number of alkyl halides is 1. The second-order valence-electron chi connectivity index (χ2n) is 3.61. The van der Waals surface area contributed by atoms with Crippen LogP contribution in [0.5, 0.6) is 0 Å². The van der Waals surface area contributed by atoms with Crippen LogP contribution in [0.3, 0.4) is 0 Å². The van der Waals surface area contributed by atoms with Crippen molar-refractivity contribution in [2.75, 3.05) is 40.4 Å². The molecule has 19 heavy (non-hydrogen) atoms. The van der Waals surface area contributed by atoms with Crippen molar-refractivity contribution in [3.05, 3.63) is 0 Å². The van der Waals surface area contributed by atoms with Crippen LogP contribution < -0.4 is 0 Å². The van der Waals surface area contributed by atoms with Crippen LogP contribution in [-0.4, -0.2) is 60.8 Å². The van der Waals surface area contributed by atoms with Crippen LogP contribution in [0.1, 0.15) is 6.42 Å². The van der Waals surface area contributed by atoms with E-state index in [-0.39, 0.29) is 12.5 Å². The molecule has 1 unspecified atom stereocenters. The summed E-state index contributed by atoms with van der Waals surface area (Å²) in [7, 11) is 2.14. The molecule has 0 heterocycles. The molecule has 0 rings (SSSR count). The van der Waals surface area contributed by atoms with Gasteiger partial charge in [-0.05, 0) is 6.42 Å². The Morgan fingerprint density at radius 3 is 2.21 bits per heavy atom. The minimum absolute atomic E-state index is 0.130. The summed E-state index contributed by atoms with van der Waals surface area (Å²) in [5.41, 5.74) is -0.890. The summed E-state index contributed by atoms with van der Waals surface area (Å²) < 4.78 is 25.9. The molecule has 0 aliphatic carbocycles. The number of carbonyl (C=O) groups excluding carboxylic acids is 1. The largest absolute Gasteiger partial charge is 0.500 e. The maximum atomic E-state index is 10.5. The Morgan fingerprint density at radius 2 is 1.79 bits per heavy atom. The van der Waals surface area contributed by atoms with Crippen molar-refractivity contribution < 1.29 is 27.5 Å². The lowest BCUT2D eigenvalue weighted by Crippen LogP contribution is -2.42. The number of rotatable bonds is 11. The van der Waals surface area contributed by atoms with Crippen LogP contribution in [0.15, 0.2) is 0 Å². The summed E-state index contributed by atoms with van der Waals surface area (Å²) in [6.07, 6.45) is 0.159. The van der Waals surface area contributed by atoms with E-state index in [0.717, 1.165) is 0 Å². The molecule has 0 saturated carbocycles. The molecule has 0 amide bonds. The fourth-order valence-electron chi connectivity index (χ4n) is 1.40. The number of carbonyl (C=O) groups is 1. The number of ether oxygens (including phenoxy) is 2. The molecule has 0 aliphatic rings. The summed E-state index contributed by atoms with van der Waals surface area (Å²) in [5.74, 6) is 0.130. The smallest absolute Gasteiger partial charge is 0.447 e. The van der Waals surface area contributed by atoms with E-state index in [1.807, 2.05) is 0 Å². The monoisotopic (exact) mass is 334 g/mol. The molecule has 0 N–H and O–H groups in total. The molecule has 0 aromatic carbocycles. The zero-order valence-corrected chi connectivity index (χ0v) is 13.8. The molecule has 0 spiro atoms. The zero-order valence-electron chi connectivity index (χ0n) is 11.3. The van der Waals surface area contributed by atoms with Crippen LogP contribution in [0.2, 0.25) is 6.04 Å². The highest BCUT2D eigenvalue weighted by Crippen LogP contribution is 2.15. The number of hydrogen-bond donors (Lipinski definition) is 0. The summed E-state index contributed by atoms with van der Waals surface area (Å²) in [4.78, 5) is 10.5. The second kappa shape index (κ2) is 10.8. The second-order valence-corrected chi connectivity index (χ2v) is 7.31. The molecule has 9 heteroatoms. The topological polar surface area (TPSA) is 63.2 Å². The van der Waals surface area contributed by atoms with Crippen molar-refractivity contribution in [3.8, 4) is 0 Å². The van der Waals surface area contributed by atoms with Crippen molar-refractivity contribution in [1.82, 2.24) is 0 Å². The number of halogens is 2. The molecule has 1 atom stereocenters. The third kappa shape index (κ3) is 8.08. The van der Waals surface area contributed by atoms with Gasteiger partial charge in [0.05, 0.1) is 12.5 Å². The predicted octanol–water partition coefficient (Wildman–Crippen LogP) is 2.25. The van der Waals surface area contributed by atoms with Gasteiger partial charge in [0.1, 0.15) is 6.10 Å². The van der Waals surface area contributed by atoms with E-state index in [1.165, 1.54) is 0 Å². The SMILES string of the molecule is CO[Si](CCCOCC(CCl)OC(=O)Cl)(OC)OC. The third-order valence-electron chi connectivity index (χ3n) is 2.44. The molecule has 114 valence electrons. The van der Waals surface area contributed by atoms with Gasteiger partial charge in [-0.25, -0.2) is 4.79 Å². The first-order chi connectivity index (χ1) is 9.03. The summed E-state index contributed by atoms with van der Waals surface area (Å²) in [5, 5.41) is 0. The first-order valence-electron chi connectivity index (χ1n) is 5.68. The molecular formula is C10H20Cl2O6Si. The van der Waals surface area contributed by atoms with E-state index in [9.17, 15) is 4.79 Å². The Labute approximate surface area is 124 Å². The average Bonchev–Trinajstić information content (AvgIpc) is 2.41. The van der Waals surface area contributed by atoms with Gasteiger partial charge in [-0.1, -0.05) is 0 Å². The minimum atomic E-state index is -2.54. The van der Waals surface area contributed by atoms with E-state index in [1.54, 1.807) is 21.3 Å². The van der Waals surface area contributed by atoms with E-state index in [0.29, 0.717) is 19.1 Å². The van der Waals surface area contributed by atoms with Gasteiger partial charge in [-0.3, -0.25) is 0 Å². The van der Waals surface area contributed by atoms with Gasteiger partial charge in [-0.15, -0.1) is 11.6 Å². The van der Waals surface area contributed by atoms with E-state index in [2.05, 4.69) is 0 Å². The Morgan fingerprint density at radius 1 is 1.21 bits per heavy atom. The van der Waals surface area contributed by atoms with Gasteiger partial charge >= 0.3 is 14.2 Å². The third-order valence-corrected chi connectivity index (χ3v) is 5.71. The molecule has 0 radical (unpaired) electrons. The highest BCUT2D eigenvalue weighted by atomic mass is 35.5. The minimum Gasteiger partial charge on any atom is -0.447 e.